The zero-order valence-corrected chi connectivity index (χ0v) is 16.3. The number of benzene rings is 2. The zero-order chi connectivity index (χ0) is 20.1. The maximum Gasteiger partial charge on any atom is 0.292 e. The van der Waals surface area contributed by atoms with Crippen LogP contribution >= 0.6 is 23.4 Å². The summed E-state index contributed by atoms with van der Waals surface area (Å²) in [5.41, 5.74) is 2.08. The van der Waals surface area contributed by atoms with Crippen LogP contribution in [0.5, 0.6) is 0 Å². The Kier molecular flexibility index (Phi) is 6.23. The van der Waals surface area contributed by atoms with E-state index < -0.39 is 10.8 Å². The largest absolute Gasteiger partial charge is 0.315 e. The quantitative estimate of drug-likeness (QED) is 0.267. The van der Waals surface area contributed by atoms with Crippen LogP contribution in [0.4, 0.5) is 11.4 Å². The van der Waals surface area contributed by atoms with Gasteiger partial charge in [-0.05, 0) is 18.6 Å². The van der Waals surface area contributed by atoms with Gasteiger partial charge < -0.3 is 5.32 Å². The van der Waals surface area contributed by atoms with Gasteiger partial charge in [-0.1, -0.05) is 65.3 Å². The van der Waals surface area contributed by atoms with Crippen molar-refractivity contribution in [3.63, 3.8) is 0 Å². The lowest BCUT2D eigenvalue weighted by Crippen LogP contribution is -2.16. The number of aromatic nitrogens is 2. The highest BCUT2D eigenvalue weighted by molar-refractivity contribution is 7.98. The molecule has 1 amide bonds. The third-order valence-electron chi connectivity index (χ3n) is 3.74. The normalized spacial score (nSPS) is 10.5. The molecule has 0 aliphatic carbocycles. The molecule has 3 aromatic rings. The first-order valence-electron chi connectivity index (χ1n) is 8.19. The fraction of sp³-hybridized carbons (Fsp3) is 0.105. The summed E-state index contributed by atoms with van der Waals surface area (Å²) in [7, 11) is 0. The van der Waals surface area contributed by atoms with Gasteiger partial charge in [0.25, 0.3) is 11.6 Å². The third kappa shape index (κ3) is 4.85. The predicted octanol–water partition coefficient (Wildman–Crippen LogP) is 4.89. The minimum absolute atomic E-state index is 0.0402. The maximum absolute atomic E-state index is 12.6. The molecule has 0 fully saturated rings. The van der Waals surface area contributed by atoms with E-state index in [2.05, 4.69) is 21.4 Å². The number of halogens is 1. The van der Waals surface area contributed by atoms with E-state index >= 15 is 0 Å². The number of carbonyl (C=O) groups excluding carboxylic acids is 1. The van der Waals surface area contributed by atoms with Gasteiger partial charge in [-0.3, -0.25) is 14.9 Å². The molecule has 28 heavy (non-hydrogen) atoms. The molecule has 1 N–H and O–H groups in total. The monoisotopic (exact) mass is 414 g/mol. The Morgan fingerprint density at radius 3 is 2.79 bits per heavy atom. The highest BCUT2D eigenvalue weighted by Crippen LogP contribution is 2.26. The molecule has 0 unspecified atom stereocenters. The van der Waals surface area contributed by atoms with Crippen LogP contribution in [0.25, 0.3) is 0 Å². The number of carbonyl (C=O) groups is 1. The standard InChI is InChI=1S/C19H15ClN4O3S/c1-12-5-4-6-13(9-12)11-28-19-21-10-14(20)17(23-19)18(25)22-15-7-2-3-8-16(15)24(26)27/h2-10H,11H2,1H3,(H,22,25). The first-order valence-corrected chi connectivity index (χ1v) is 9.56. The minimum Gasteiger partial charge on any atom is -0.315 e. The Labute approximate surface area is 170 Å². The van der Waals surface area contributed by atoms with Gasteiger partial charge in [0.1, 0.15) is 5.69 Å². The van der Waals surface area contributed by atoms with Crippen LogP contribution in [-0.2, 0) is 5.75 Å². The maximum atomic E-state index is 12.6. The Morgan fingerprint density at radius 1 is 1.25 bits per heavy atom. The molecule has 0 spiro atoms. The van der Waals surface area contributed by atoms with Crippen LogP contribution < -0.4 is 5.32 Å². The Hall–Kier alpha value is -2.97. The van der Waals surface area contributed by atoms with Gasteiger partial charge in [0.05, 0.1) is 16.1 Å². The Bertz CT molecular complexity index is 1050. The summed E-state index contributed by atoms with van der Waals surface area (Å²) in [6.45, 7) is 2.01. The molecule has 1 aromatic heterocycles. The number of hydrogen-bond donors (Lipinski definition) is 1. The lowest BCUT2D eigenvalue weighted by molar-refractivity contribution is -0.383. The number of aryl methyl sites for hydroxylation is 1. The molecule has 1 heterocycles. The topological polar surface area (TPSA) is 98.0 Å². The number of nitrogens with one attached hydrogen (secondary N) is 1. The number of anilines is 1. The van der Waals surface area contributed by atoms with E-state index in [1.54, 1.807) is 6.07 Å². The number of thioether (sulfide) groups is 1. The van der Waals surface area contributed by atoms with Gasteiger partial charge in [-0.15, -0.1) is 0 Å². The number of nitro benzene ring substituents is 1. The zero-order valence-electron chi connectivity index (χ0n) is 14.8. The van der Waals surface area contributed by atoms with Crippen molar-refractivity contribution in [2.24, 2.45) is 0 Å². The summed E-state index contributed by atoms with van der Waals surface area (Å²) in [6.07, 6.45) is 1.35. The van der Waals surface area contributed by atoms with Crippen LogP contribution in [0.1, 0.15) is 21.6 Å². The predicted molar refractivity (Wildman–Crippen MR) is 109 cm³/mol. The van der Waals surface area contributed by atoms with Crippen LogP contribution in [-0.4, -0.2) is 20.8 Å². The summed E-state index contributed by atoms with van der Waals surface area (Å²) in [6, 6.07) is 13.9. The molecule has 0 saturated carbocycles. The molecule has 3 rings (SSSR count). The van der Waals surface area contributed by atoms with Gasteiger partial charge in [0.2, 0.25) is 0 Å². The van der Waals surface area contributed by atoms with Crippen molar-refractivity contribution >= 4 is 40.6 Å². The first kappa shape index (κ1) is 19.8. The van der Waals surface area contributed by atoms with E-state index in [9.17, 15) is 14.9 Å². The molecule has 0 saturated heterocycles. The van der Waals surface area contributed by atoms with Crippen LogP contribution in [0.2, 0.25) is 5.02 Å². The Balaban J connectivity index is 1.77. The van der Waals surface area contributed by atoms with Crippen molar-refractivity contribution in [3.05, 3.63) is 86.7 Å². The van der Waals surface area contributed by atoms with Crippen molar-refractivity contribution in [2.45, 2.75) is 17.8 Å². The van der Waals surface area contributed by atoms with Gasteiger partial charge in [-0.2, -0.15) is 0 Å². The summed E-state index contributed by atoms with van der Waals surface area (Å²) < 4.78 is 0. The number of para-hydroxylation sites is 2. The number of hydrogen-bond acceptors (Lipinski definition) is 6. The molecule has 0 atom stereocenters. The molecule has 0 aliphatic heterocycles. The summed E-state index contributed by atoms with van der Waals surface area (Å²) in [5, 5.41) is 14.1. The third-order valence-corrected chi connectivity index (χ3v) is 4.95. The highest BCUT2D eigenvalue weighted by Gasteiger charge is 2.19. The second kappa shape index (κ2) is 8.81. The lowest BCUT2D eigenvalue weighted by atomic mass is 10.2. The first-order chi connectivity index (χ1) is 13.4. The van der Waals surface area contributed by atoms with Gasteiger partial charge >= 0.3 is 0 Å². The fourth-order valence-electron chi connectivity index (χ4n) is 2.45. The van der Waals surface area contributed by atoms with E-state index in [4.69, 9.17) is 11.6 Å². The summed E-state index contributed by atoms with van der Waals surface area (Å²) >= 11 is 7.44. The van der Waals surface area contributed by atoms with Crippen molar-refractivity contribution in [3.8, 4) is 0 Å². The van der Waals surface area contributed by atoms with Crippen molar-refractivity contribution in [1.82, 2.24) is 9.97 Å². The average molecular weight is 415 g/mol. The van der Waals surface area contributed by atoms with Gasteiger partial charge in [-0.25, -0.2) is 9.97 Å². The van der Waals surface area contributed by atoms with Crippen LogP contribution in [0.3, 0.4) is 0 Å². The number of nitrogens with zero attached hydrogens (tertiary/aromatic N) is 3. The van der Waals surface area contributed by atoms with Crippen molar-refractivity contribution < 1.29 is 9.72 Å². The van der Waals surface area contributed by atoms with Crippen molar-refractivity contribution in [1.29, 1.82) is 0 Å². The molecule has 7 nitrogen and oxygen atoms in total. The minimum atomic E-state index is -0.640. The highest BCUT2D eigenvalue weighted by atomic mass is 35.5. The number of rotatable bonds is 6. The van der Waals surface area contributed by atoms with E-state index in [0.717, 1.165) is 11.1 Å². The molecular formula is C19H15ClN4O3S. The van der Waals surface area contributed by atoms with Gasteiger partial charge in [0, 0.05) is 11.8 Å². The van der Waals surface area contributed by atoms with Crippen LogP contribution in [0, 0.1) is 17.0 Å². The van der Waals surface area contributed by atoms with Crippen molar-refractivity contribution in [2.75, 3.05) is 5.32 Å². The summed E-state index contributed by atoms with van der Waals surface area (Å²) in [4.78, 5) is 31.5. The van der Waals surface area contributed by atoms with E-state index in [0.29, 0.717) is 10.9 Å². The molecule has 0 bridgehead atoms. The van der Waals surface area contributed by atoms with E-state index in [1.807, 2.05) is 25.1 Å². The molecule has 142 valence electrons. The molecule has 0 aliphatic rings. The summed E-state index contributed by atoms with van der Waals surface area (Å²) in [5.74, 6) is -0.00626. The fourth-order valence-corrected chi connectivity index (χ4v) is 3.38. The number of nitro groups is 1. The van der Waals surface area contributed by atoms with E-state index in [-0.39, 0.29) is 22.1 Å². The molecule has 2 aromatic carbocycles. The lowest BCUT2D eigenvalue weighted by Gasteiger charge is -2.08. The SMILES string of the molecule is Cc1cccc(CSc2ncc(Cl)c(C(=O)Nc3ccccc3[N+](=O)[O-])n2)c1. The molecular weight excluding hydrogens is 400 g/mol. The smallest absolute Gasteiger partial charge is 0.292 e. The molecule has 9 heteroatoms. The second-order valence-corrected chi connectivity index (χ2v) is 7.20. The second-order valence-electron chi connectivity index (χ2n) is 5.86. The average Bonchev–Trinajstić information content (AvgIpc) is 2.67. The Morgan fingerprint density at radius 2 is 2.04 bits per heavy atom. The van der Waals surface area contributed by atoms with E-state index in [1.165, 1.54) is 36.2 Å². The van der Waals surface area contributed by atoms with Gasteiger partial charge in [0.15, 0.2) is 10.9 Å². The van der Waals surface area contributed by atoms with Crippen LogP contribution in [0.15, 0.2) is 59.9 Å². The number of amides is 1. The molecule has 0 radical (unpaired) electrons.